The van der Waals surface area contributed by atoms with Gasteiger partial charge < -0.3 is 9.88 Å². The summed E-state index contributed by atoms with van der Waals surface area (Å²) < 4.78 is 2.24. The highest BCUT2D eigenvalue weighted by molar-refractivity contribution is 5.30. The Morgan fingerprint density at radius 2 is 2.00 bits per heavy atom. The first-order valence-corrected chi connectivity index (χ1v) is 7.18. The van der Waals surface area contributed by atoms with E-state index in [-0.39, 0.29) is 0 Å². The summed E-state index contributed by atoms with van der Waals surface area (Å²) in [5.74, 6) is 0.976. The van der Waals surface area contributed by atoms with Crippen molar-refractivity contribution in [3.8, 4) is 0 Å². The number of anilines is 1. The normalized spacial score (nSPS) is 12.3. The average molecular weight is 257 g/mol. The van der Waals surface area contributed by atoms with E-state index >= 15 is 0 Å². The van der Waals surface area contributed by atoms with E-state index in [2.05, 4.69) is 65.2 Å². The fraction of sp³-hybridized carbons (Fsp3) is 0.438. The molecule has 3 heteroatoms. The average Bonchev–Trinajstić information content (AvgIpc) is 2.90. The molecule has 0 aliphatic rings. The van der Waals surface area contributed by atoms with E-state index in [1.165, 1.54) is 18.4 Å². The number of hydrogen-bond donors (Lipinski definition) is 1. The highest BCUT2D eigenvalue weighted by Crippen LogP contribution is 2.24. The molecule has 0 spiro atoms. The number of unbranched alkanes of at least 4 members (excludes halogenated alkanes) is 1. The summed E-state index contributed by atoms with van der Waals surface area (Å²) in [6.07, 6.45) is 7.37. The molecule has 3 nitrogen and oxygen atoms in total. The van der Waals surface area contributed by atoms with Crippen LogP contribution in [0.25, 0.3) is 0 Å². The van der Waals surface area contributed by atoms with Crippen LogP contribution in [-0.2, 0) is 0 Å². The lowest BCUT2D eigenvalue weighted by molar-refractivity contribution is 0.570. The summed E-state index contributed by atoms with van der Waals surface area (Å²) in [5, 5.41) is 3.43. The molecule has 1 N–H and O–H groups in total. The van der Waals surface area contributed by atoms with Crippen LogP contribution in [0.5, 0.6) is 0 Å². The maximum Gasteiger partial charge on any atom is 0.203 e. The molecule has 0 amide bonds. The van der Waals surface area contributed by atoms with E-state index in [0.717, 1.165) is 18.9 Å². The molecule has 102 valence electrons. The van der Waals surface area contributed by atoms with E-state index in [4.69, 9.17) is 0 Å². The predicted octanol–water partition coefficient (Wildman–Crippen LogP) is 4.09. The second-order valence-corrected chi connectivity index (χ2v) is 4.77. The number of benzene rings is 1. The third kappa shape index (κ3) is 3.37. The van der Waals surface area contributed by atoms with Crippen LogP contribution >= 0.6 is 0 Å². The van der Waals surface area contributed by atoms with Crippen molar-refractivity contribution in [3.63, 3.8) is 0 Å². The number of aromatic nitrogens is 2. The minimum absolute atomic E-state index is 0.354. The first-order chi connectivity index (χ1) is 9.36. The molecular formula is C16H23N3. The Balaban J connectivity index is 2.17. The van der Waals surface area contributed by atoms with Crippen LogP contribution in [0, 0.1) is 0 Å². The summed E-state index contributed by atoms with van der Waals surface area (Å²) in [5.41, 5.74) is 1.33. The summed E-state index contributed by atoms with van der Waals surface area (Å²) in [6.45, 7) is 5.40. The molecule has 0 aliphatic carbocycles. The van der Waals surface area contributed by atoms with Gasteiger partial charge in [-0.1, -0.05) is 50.6 Å². The van der Waals surface area contributed by atoms with Crippen LogP contribution in [-0.4, -0.2) is 16.1 Å². The van der Waals surface area contributed by atoms with Gasteiger partial charge in [0.2, 0.25) is 5.95 Å². The van der Waals surface area contributed by atoms with Crippen molar-refractivity contribution in [2.75, 3.05) is 11.9 Å². The molecule has 2 aromatic rings. The van der Waals surface area contributed by atoms with Gasteiger partial charge in [0.1, 0.15) is 0 Å². The van der Waals surface area contributed by atoms with E-state index in [0.29, 0.717) is 6.04 Å². The van der Waals surface area contributed by atoms with Gasteiger partial charge >= 0.3 is 0 Å². The van der Waals surface area contributed by atoms with Crippen molar-refractivity contribution in [1.82, 2.24) is 9.55 Å². The first kappa shape index (κ1) is 13.7. The fourth-order valence-electron chi connectivity index (χ4n) is 2.35. The highest BCUT2D eigenvalue weighted by Gasteiger charge is 2.14. The Bertz CT molecular complexity index is 476. The summed E-state index contributed by atoms with van der Waals surface area (Å²) in [4.78, 5) is 4.43. The van der Waals surface area contributed by atoms with Crippen LogP contribution in [0.3, 0.4) is 0 Å². The number of rotatable bonds is 7. The Labute approximate surface area is 115 Å². The third-order valence-corrected chi connectivity index (χ3v) is 3.39. The zero-order valence-corrected chi connectivity index (χ0v) is 11.8. The summed E-state index contributed by atoms with van der Waals surface area (Å²) in [7, 11) is 0. The van der Waals surface area contributed by atoms with E-state index in [1.807, 2.05) is 6.20 Å². The van der Waals surface area contributed by atoms with E-state index in [9.17, 15) is 0 Å². The van der Waals surface area contributed by atoms with E-state index in [1.54, 1.807) is 0 Å². The van der Waals surface area contributed by atoms with Crippen molar-refractivity contribution < 1.29 is 0 Å². The third-order valence-electron chi connectivity index (χ3n) is 3.39. The van der Waals surface area contributed by atoms with Gasteiger partial charge in [0.25, 0.3) is 0 Å². The van der Waals surface area contributed by atoms with Gasteiger partial charge in [-0.05, 0) is 18.4 Å². The van der Waals surface area contributed by atoms with Gasteiger partial charge in [-0.25, -0.2) is 4.98 Å². The first-order valence-electron chi connectivity index (χ1n) is 7.18. The molecule has 1 heterocycles. The summed E-state index contributed by atoms with van der Waals surface area (Å²) in [6, 6.07) is 11.0. The van der Waals surface area contributed by atoms with Crippen molar-refractivity contribution >= 4 is 5.95 Å². The summed E-state index contributed by atoms with van der Waals surface area (Å²) >= 11 is 0. The minimum Gasteiger partial charge on any atom is -0.356 e. The molecular weight excluding hydrogens is 234 g/mol. The molecule has 19 heavy (non-hydrogen) atoms. The Kier molecular flexibility index (Phi) is 5.01. The Morgan fingerprint density at radius 1 is 1.21 bits per heavy atom. The Hall–Kier alpha value is -1.77. The van der Waals surface area contributed by atoms with Gasteiger partial charge in [-0.2, -0.15) is 0 Å². The molecule has 1 aromatic carbocycles. The lowest BCUT2D eigenvalue weighted by Crippen LogP contribution is -2.14. The molecule has 0 radical (unpaired) electrons. The number of nitrogens with one attached hydrogen (secondary N) is 1. The standard InChI is InChI=1S/C16H23N3/c1-3-5-11-17-16-18-12-13-19(16)15(4-2)14-9-7-6-8-10-14/h6-10,12-13,15H,3-5,11H2,1-2H3,(H,17,18). The van der Waals surface area contributed by atoms with Gasteiger partial charge in [-0.3, -0.25) is 0 Å². The lowest BCUT2D eigenvalue weighted by Gasteiger charge is -2.20. The van der Waals surface area contributed by atoms with E-state index < -0.39 is 0 Å². The predicted molar refractivity (Wildman–Crippen MR) is 80.5 cm³/mol. The largest absolute Gasteiger partial charge is 0.356 e. The second kappa shape index (κ2) is 6.98. The van der Waals surface area contributed by atoms with Crippen LogP contribution in [0.4, 0.5) is 5.95 Å². The molecule has 0 saturated carbocycles. The maximum atomic E-state index is 4.43. The number of nitrogens with zero attached hydrogens (tertiary/aromatic N) is 2. The molecule has 0 fully saturated rings. The minimum atomic E-state index is 0.354. The SMILES string of the molecule is CCCCNc1nccn1C(CC)c1ccccc1. The van der Waals surface area contributed by atoms with Crippen LogP contribution in [0.2, 0.25) is 0 Å². The van der Waals surface area contributed by atoms with Gasteiger partial charge in [0, 0.05) is 18.9 Å². The molecule has 0 saturated heterocycles. The monoisotopic (exact) mass is 257 g/mol. The van der Waals surface area contributed by atoms with Gasteiger partial charge in [-0.15, -0.1) is 0 Å². The van der Waals surface area contributed by atoms with Crippen molar-refractivity contribution in [3.05, 3.63) is 48.3 Å². The van der Waals surface area contributed by atoms with Crippen molar-refractivity contribution in [2.45, 2.75) is 39.2 Å². The Morgan fingerprint density at radius 3 is 2.68 bits per heavy atom. The molecule has 1 unspecified atom stereocenters. The zero-order chi connectivity index (χ0) is 13.5. The number of hydrogen-bond acceptors (Lipinski definition) is 2. The van der Waals surface area contributed by atoms with Gasteiger partial charge in [0.05, 0.1) is 6.04 Å². The fourth-order valence-corrected chi connectivity index (χ4v) is 2.35. The highest BCUT2D eigenvalue weighted by atomic mass is 15.2. The molecule has 0 bridgehead atoms. The number of imidazole rings is 1. The quantitative estimate of drug-likeness (QED) is 0.757. The molecule has 0 aliphatic heterocycles. The van der Waals surface area contributed by atoms with Gasteiger partial charge in [0.15, 0.2) is 0 Å². The molecule has 2 rings (SSSR count). The second-order valence-electron chi connectivity index (χ2n) is 4.77. The lowest BCUT2D eigenvalue weighted by atomic mass is 10.0. The van der Waals surface area contributed by atoms with Crippen LogP contribution < -0.4 is 5.32 Å². The topological polar surface area (TPSA) is 29.9 Å². The maximum absolute atomic E-state index is 4.43. The molecule has 1 atom stereocenters. The van der Waals surface area contributed by atoms with Crippen LogP contribution in [0.1, 0.15) is 44.7 Å². The van der Waals surface area contributed by atoms with Crippen molar-refractivity contribution in [1.29, 1.82) is 0 Å². The zero-order valence-electron chi connectivity index (χ0n) is 11.8. The van der Waals surface area contributed by atoms with Crippen molar-refractivity contribution in [2.24, 2.45) is 0 Å². The van der Waals surface area contributed by atoms with Crippen LogP contribution in [0.15, 0.2) is 42.7 Å². The molecule has 1 aromatic heterocycles. The smallest absolute Gasteiger partial charge is 0.203 e.